The fraction of sp³-hybridized carbons (Fsp3) is 0.385. The lowest BCUT2D eigenvalue weighted by Gasteiger charge is -2.37. The van der Waals surface area contributed by atoms with Crippen LogP contribution < -0.4 is 10.3 Å². The van der Waals surface area contributed by atoms with Gasteiger partial charge in [-0.15, -0.1) is 0 Å². The van der Waals surface area contributed by atoms with E-state index in [4.69, 9.17) is 0 Å². The number of anilines is 1. The molecule has 2 fully saturated rings. The largest absolute Gasteiger partial charge is 0.368 e. The maximum atomic E-state index is 13.2. The first kappa shape index (κ1) is 22.4. The van der Waals surface area contributed by atoms with Gasteiger partial charge in [-0.2, -0.15) is 0 Å². The van der Waals surface area contributed by atoms with Crippen LogP contribution in [0.1, 0.15) is 30.0 Å². The third-order valence-electron chi connectivity index (χ3n) is 7.00. The number of carbonyl (C=O) groups is 2. The summed E-state index contributed by atoms with van der Waals surface area (Å²) in [5.41, 5.74) is 6.74. The zero-order chi connectivity index (χ0) is 23.7. The van der Waals surface area contributed by atoms with E-state index < -0.39 is 0 Å². The highest BCUT2D eigenvalue weighted by Crippen LogP contribution is 2.31. The number of fused-ring (bicyclic) bond motifs is 1. The van der Waals surface area contributed by atoms with Gasteiger partial charge in [0.2, 0.25) is 5.91 Å². The highest BCUT2D eigenvalue weighted by molar-refractivity contribution is 5.85. The molecule has 2 unspecified atom stereocenters. The van der Waals surface area contributed by atoms with E-state index in [-0.39, 0.29) is 29.7 Å². The van der Waals surface area contributed by atoms with Gasteiger partial charge in [0.15, 0.2) is 0 Å². The highest BCUT2D eigenvalue weighted by atomic mass is 19.1. The van der Waals surface area contributed by atoms with Crippen molar-refractivity contribution < 1.29 is 14.0 Å². The van der Waals surface area contributed by atoms with Gasteiger partial charge in [-0.3, -0.25) is 9.59 Å². The topological polar surface area (TPSA) is 59.1 Å². The molecular weight excluding hydrogens is 433 g/mol. The Kier molecular flexibility index (Phi) is 6.24. The summed E-state index contributed by atoms with van der Waals surface area (Å²) in [4.78, 5) is 31.8. The van der Waals surface area contributed by atoms with Crippen LogP contribution in [0, 0.1) is 12.7 Å². The summed E-state index contributed by atoms with van der Waals surface area (Å²) >= 11 is 0. The van der Waals surface area contributed by atoms with Gasteiger partial charge in [-0.25, -0.2) is 9.82 Å². The molecule has 0 aromatic heterocycles. The van der Waals surface area contributed by atoms with Crippen LogP contribution in [0.25, 0.3) is 0 Å². The number of nitrogens with zero attached hydrogens (tertiary/aromatic N) is 4. The van der Waals surface area contributed by atoms with Crippen molar-refractivity contribution in [3.63, 3.8) is 0 Å². The molecule has 0 aliphatic carbocycles. The molecule has 3 aliphatic rings. The molecule has 34 heavy (non-hydrogen) atoms. The molecule has 0 radical (unpaired) electrons. The quantitative estimate of drug-likeness (QED) is 0.739. The van der Waals surface area contributed by atoms with E-state index in [0.29, 0.717) is 32.5 Å². The summed E-state index contributed by atoms with van der Waals surface area (Å²) in [6, 6.07) is 14.3. The second kappa shape index (κ2) is 9.46. The molecule has 8 heteroatoms. The Balaban J connectivity index is 1.12. The van der Waals surface area contributed by atoms with Crippen LogP contribution in [0.5, 0.6) is 0 Å². The molecule has 3 heterocycles. The van der Waals surface area contributed by atoms with Crippen molar-refractivity contribution >= 4 is 17.5 Å². The standard InChI is InChI=1S/C26H30FN5O2/c1-19-4-2-3-5-23(19)29-12-14-30(15-13-29)25(33)10-11-31-16-17-32-24(26(31)34)18-22(28-32)20-6-8-21(27)9-7-20/h2-9,16-17,22,24,28H,10-15,18H2,1H3. The number of hydrogen-bond donors (Lipinski definition) is 1. The van der Waals surface area contributed by atoms with E-state index >= 15 is 0 Å². The monoisotopic (exact) mass is 463 g/mol. The van der Waals surface area contributed by atoms with Crippen molar-refractivity contribution in [1.29, 1.82) is 0 Å². The van der Waals surface area contributed by atoms with Gasteiger partial charge < -0.3 is 19.7 Å². The lowest BCUT2D eigenvalue weighted by molar-refractivity contribution is -0.136. The van der Waals surface area contributed by atoms with Crippen LogP contribution in [-0.2, 0) is 9.59 Å². The number of halogens is 1. The first-order chi connectivity index (χ1) is 16.5. The summed E-state index contributed by atoms with van der Waals surface area (Å²) in [7, 11) is 0. The normalized spacial score (nSPS) is 22.4. The molecule has 2 aromatic carbocycles. The Labute approximate surface area is 199 Å². The first-order valence-corrected chi connectivity index (χ1v) is 11.9. The van der Waals surface area contributed by atoms with Crippen LogP contribution >= 0.6 is 0 Å². The van der Waals surface area contributed by atoms with Crippen molar-refractivity contribution in [2.24, 2.45) is 0 Å². The number of amides is 2. The average Bonchev–Trinajstić information content (AvgIpc) is 3.30. The minimum atomic E-state index is -0.326. The third-order valence-corrected chi connectivity index (χ3v) is 7.00. The Hall–Kier alpha value is -3.39. The van der Waals surface area contributed by atoms with Crippen molar-refractivity contribution in [2.75, 3.05) is 37.6 Å². The number of nitrogens with one attached hydrogen (secondary N) is 1. The van der Waals surface area contributed by atoms with Crippen LogP contribution in [0.3, 0.4) is 0 Å². The number of aryl methyl sites for hydroxylation is 1. The third kappa shape index (κ3) is 4.50. The Morgan fingerprint density at radius 2 is 1.76 bits per heavy atom. The van der Waals surface area contributed by atoms with E-state index in [9.17, 15) is 14.0 Å². The van der Waals surface area contributed by atoms with Crippen molar-refractivity contribution in [1.82, 2.24) is 20.2 Å². The van der Waals surface area contributed by atoms with Crippen LogP contribution in [-0.4, -0.2) is 65.4 Å². The maximum absolute atomic E-state index is 13.2. The van der Waals surface area contributed by atoms with Crippen molar-refractivity contribution in [2.45, 2.75) is 31.8 Å². The molecule has 1 N–H and O–H groups in total. The lowest BCUT2D eigenvalue weighted by atomic mass is 10.0. The second-order valence-corrected chi connectivity index (χ2v) is 9.13. The lowest BCUT2D eigenvalue weighted by Crippen LogP contribution is -2.51. The predicted octanol–water partition coefficient (Wildman–Crippen LogP) is 2.81. The van der Waals surface area contributed by atoms with Gasteiger partial charge in [0.25, 0.3) is 5.91 Å². The van der Waals surface area contributed by atoms with Gasteiger partial charge in [0.1, 0.15) is 11.9 Å². The average molecular weight is 464 g/mol. The second-order valence-electron chi connectivity index (χ2n) is 9.13. The highest BCUT2D eigenvalue weighted by Gasteiger charge is 2.40. The molecule has 0 bridgehead atoms. The zero-order valence-corrected chi connectivity index (χ0v) is 19.4. The molecule has 0 saturated carbocycles. The zero-order valence-electron chi connectivity index (χ0n) is 19.4. The molecule has 178 valence electrons. The number of hydrogen-bond acceptors (Lipinski definition) is 5. The number of rotatable bonds is 5. The maximum Gasteiger partial charge on any atom is 0.250 e. The molecule has 5 rings (SSSR count). The fourth-order valence-corrected chi connectivity index (χ4v) is 5.02. The summed E-state index contributed by atoms with van der Waals surface area (Å²) in [6.07, 6.45) is 4.49. The van der Waals surface area contributed by atoms with Gasteiger partial charge >= 0.3 is 0 Å². The van der Waals surface area contributed by atoms with E-state index in [1.807, 2.05) is 28.2 Å². The summed E-state index contributed by atoms with van der Waals surface area (Å²) < 4.78 is 13.2. The van der Waals surface area contributed by atoms with E-state index in [1.165, 1.54) is 23.4 Å². The number of benzene rings is 2. The molecule has 7 nitrogen and oxygen atoms in total. The predicted molar refractivity (Wildman–Crippen MR) is 128 cm³/mol. The summed E-state index contributed by atoms with van der Waals surface area (Å²) in [5, 5.41) is 1.82. The van der Waals surface area contributed by atoms with Gasteiger partial charge in [0, 0.05) is 57.2 Å². The van der Waals surface area contributed by atoms with Gasteiger partial charge in [0.05, 0.1) is 6.04 Å². The summed E-state index contributed by atoms with van der Waals surface area (Å²) in [6.45, 7) is 5.49. The molecule has 3 aliphatic heterocycles. The number of piperazine rings is 1. The minimum Gasteiger partial charge on any atom is -0.368 e. The molecular formula is C26H30FN5O2. The Morgan fingerprint density at radius 1 is 1.03 bits per heavy atom. The van der Waals surface area contributed by atoms with Crippen molar-refractivity contribution in [3.8, 4) is 0 Å². The SMILES string of the molecule is Cc1ccccc1N1CCN(C(=O)CCN2C=CN3NC(c4ccc(F)cc4)CC3C2=O)CC1. The smallest absolute Gasteiger partial charge is 0.250 e. The number of hydrazine groups is 1. The van der Waals surface area contributed by atoms with Crippen LogP contribution in [0.4, 0.5) is 10.1 Å². The fourth-order valence-electron chi connectivity index (χ4n) is 5.02. The van der Waals surface area contributed by atoms with Gasteiger partial charge in [-0.05, 0) is 42.7 Å². The Morgan fingerprint density at radius 3 is 2.50 bits per heavy atom. The first-order valence-electron chi connectivity index (χ1n) is 11.9. The molecule has 2 saturated heterocycles. The molecule has 2 amide bonds. The number of carbonyl (C=O) groups excluding carboxylic acids is 2. The van der Waals surface area contributed by atoms with Crippen LogP contribution in [0.2, 0.25) is 0 Å². The summed E-state index contributed by atoms with van der Waals surface area (Å²) in [5.74, 6) is -0.207. The minimum absolute atomic E-state index is 0.0169. The molecule has 2 aromatic rings. The molecule has 0 spiro atoms. The number of para-hydroxylation sites is 1. The van der Waals surface area contributed by atoms with E-state index in [2.05, 4.69) is 29.4 Å². The van der Waals surface area contributed by atoms with Crippen molar-refractivity contribution in [3.05, 3.63) is 77.9 Å². The molecule has 2 atom stereocenters. The van der Waals surface area contributed by atoms with E-state index in [0.717, 1.165) is 18.7 Å². The van der Waals surface area contributed by atoms with E-state index in [1.54, 1.807) is 23.2 Å². The van der Waals surface area contributed by atoms with Crippen LogP contribution in [0.15, 0.2) is 60.9 Å². The van der Waals surface area contributed by atoms with Gasteiger partial charge in [-0.1, -0.05) is 30.3 Å². The Bertz CT molecular complexity index is 1080.